The molecule has 0 saturated carbocycles. The SMILES string of the molecule is CCCCN(Cc1ccccc1Br)CC1CCCN1. The lowest BCUT2D eigenvalue weighted by Crippen LogP contribution is -2.37. The van der Waals surface area contributed by atoms with Gasteiger partial charge in [0.15, 0.2) is 0 Å². The minimum atomic E-state index is 0.694. The monoisotopic (exact) mass is 324 g/mol. The fourth-order valence-corrected chi connectivity index (χ4v) is 3.12. The Bertz CT molecular complexity index is 375. The van der Waals surface area contributed by atoms with E-state index in [1.54, 1.807) is 0 Å². The molecule has 106 valence electrons. The van der Waals surface area contributed by atoms with Crippen molar-refractivity contribution in [1.29, 1.82) is 0 Å². The van der Waals surface area contributed by atoms with Gasteiger partial charge in [0.25, 0.3) is 0 Å². The number of hydrogen-bond donors (Lipinski definition) is 1. The van der Waals surface area contributed by atoms with Gasteiger partial charge in [0.1, 0.15) is 0 Å². The Hall–Kier alpha value is -0.380. The molecule has 1 unspecified atom stereocenters. The average molecular weight is 325 g/mol. The van der Waals surface area contributed by atoms with Crippen molar-refractivity contribution in [3.8, 4) is 0 Å². The minimum absolute atomic E-state index is 0.694. The third-order valence-corrected chi connectivity index (χ3v) is 4.59. The van der Waals surface area contributed by atoms with Crippen molar-refractivity contribution in [3.05, 3.63) is 34.3 Å². The third-order valence-electron chi connectivity index (χ3n) is 3.82. The zero-order chi connectivity index (χ0) is 13.5. The predicted molar refractivity (Wildman–Crippen MR) is 85.4 cm³/mol. The van der Waals surface area contributed by atoms with Gasteiger partial charge in [0, 0.05) is 23.6 Å². The van der Waals surface area contributed by atoms with Crippen LogP contribution in [0.5, 0.6) is 0 Å². The zero-order valence-electron chi connectivity index (χ0n) is 11.9. The Morgan fingerprint density at radius 2 is 2.21 bits per heavy atom. The van der Waals surface area contributed by atoms with Crippen molar-refractivity contribution in [2.45, 2.75) is 45.2 Å². The lowest BCUT2D eigenvalue weighted by atomic mass is 10.1. The second-order valence-corrected chi connectivity index (χ2v) is 6.33. The Morgan fingerprint density at radius 3 is 2.89 bits per heavy atom. The zero-order valence-corrected chi connectivity index (χ0v) is 13.5. The molecule has 0 bridgehead atoms. The number of benzene rings is 1. The molecule has 3 heteroatoms. The molecule has 1 aliphatic heterocycles. The summed E-state index contributed by atoms with van der Waals surface area (Å²) < 4.78 is 1.23. The summed E-state index contributed by atoms with van der Waals surface area (Å²) in [6.45, 7) is 6.91. The van der Waals surface area contributed by atoms with Crippen LogP contribution >= 0.6 is 15.9 Å². The molecule has 1 fully saturated rings. The summed E-state index contributed by atoms with van der Waals surface area (Å²) in [5, 5.41) is 3.61. The van der Waals surface area contributed by atoms with E-state index in [-0.39, 0.29) is 0 Å². The van der Waals surface area contributed by atoms with Gasteiger partial charge in [0.05, 0.1) is 0 Å². The van der Waals surface area contributed by atoms with E-state index < -0.39 is 0 Å². The Labute approximate surface area is 125 Å². The van der Waals surface area contributed by atoms with Gasteiger partial charge in [-0.3, -0.25) is 4.90 Å². The largest absolute Gasteiger partial charge is 0.313 e. The van der Waals surface area contributed by atoms with Crippen LogP contribution in [0.3, 0.4) is 0 Å². The van der Waals surface area contributed by atoms with Crippen LogP contribution < -0.4 is 5.32 Å². The fourth-order valence-electron chi connectivity index (χ4n) is 2.71. The molecule has 0 radical (unpaired) electrons. The number of halogens is 1. The maximum absolute atomic E-state index is 3.66. The molecule has 0 aromatic heterocycles. The van der Waals surface area contributed by atoms with E-state index in [9.17, 15) is 0 Å². The Morgan fingerprint density at radius 1 is 1.37 bits per heavy atom. The molecule has 1 saturated heterocycles. The standard InChI is InChI=1S/C16H25BrN2/c1-2-3-11-19(13-15-8-6-10-18-15)12-14-7-4-5-9-16(14)17/h4-5,7,9,15,18H,2-3,6,8,10-13H2,1H3. The molecule has 19 heavy (non-hydrogen) atoms. The first-order valence-electron chi connectivity index (χ1n) is 7.48. The lowest BCUT2D eigenvalue weighted by Gasteiger charge is -2.26. The summed E-state index contributed by atoms with van der Waals surface area (Å²) in [5.74, 6) is 0. The maximum atomic E-state index is 3.66. The van der Waals surface area contributed by atoms with Crippen LogP contribution in [-0.2, 0) is 6.54 Å². The molecule has 2 nitrogen and oxygen atoms in total. The summed E-state index contributed by atoms with van der Waals surface area (Å²) in [7, 11) is 0. The van der Waals surface area contributed by atoms with Gasteiger partial charge in [-0.1, -0.05) is 47.5 Å². The molecular weight excluding hydrogens is 300 g/mol. The van der Waals surface area contributed by atoms with Crippen molar-refractivity contribution < 1.29 is 0 Å². The fraction of sp³-hybridized carbons (Fsp3) is 0.625. The van der Waals surface area contributed by atoms with E-state index >= 15 is 0 Å². The second-order valence-electron chi connectivity index (χ2n) is 5.47. The first-order valence-corrected chi connectivity index (χ1v) is 8.28. The molecule has 0 spiro atoms. The smallest absolute Gasteiger partial charge is 0.0245 e. The molecule has 1 aromatic rings. The highest BCUT2D eigenvalue weighted by atomic mass is 79.9. The van der Waals surface area contributed by atoms with Gasteiger partial charge in [-0.25, -0.2) is 0 Å². The van der Waals surface area contributed by atoms with Crippen LogP contribution in [0.2, 0.25) is 0 Å². The predicted octanol–water partition coefficient (Wildman–Crippen LogP) is 3.80. The molecule has 1 atom stereocenters. The number of hydrogen-bond acceptors (Lipinski definition) is 2. The lowest BCUT2D eigenvalue weighted by molar-refractivity contribution is 0.237. The van der Waals surface area contributed by atoms with Crippen molar-refractivity contribution >= 4 is 15.9 Å². The van der Waals surface area contributed by atoms with Crippen molar-refractivity contribution in [2.24, 2.45) is 0 Å². The number of nitrogens with one attached hydrogen (secondary N) is 1. The number of nitrogens with zero attached hydrogens (tertiary/aromatic N) is 1. The summed E-state index contributed by atoms with van der Waals surface area (Å²) in [6, 6.07) is 9.28. The molecule has 1 aliphatic rings. The first kappa shape index (κ1) is 15.0. The van der Waals surface area contributed by atoms with Crippen LogP contribution in [0.1, 0.15) is 38.2 Å². The minimum Gasteiger partial charge on any atom is -0.313 e. The number of unbranched alkanes of at least 4 members (excludes halogenated alkanes) is 1. The molecule has 2 rings (SSSR count). The molecule has 0 aliphatic carbocycles. The van der Waals surface area contributed by atoms with Crippen molar-refractivity contribution in [2.75, 3.05) is 19.6 Å². The highest BCUT2D eigenvalue weighted by Crippen LogP contribution is 2.19. The van der Waals surface area contributed by atoms with E-state index in [0.29, 0.717) is 6.04 Å². The summed E-state index contributed by atoms with van der Waals surface area (Å²) >= 11 is 3.66. The maximum Gasteiger partial charge on any atom is 0.0245 e. The highest BCUT2D eigenvalue weighted by molar-refractivity contribution is 9.10. The third kappa shape index (κ3) is 4.90. The van der Waals surface area contributed by atoms with Gasteiger partial charge in [-0.15, -0.1) is 0 Å². The first-order chi connectivity index (χ1) is 9.29. The van der Waals surface area contributed by atoms with Crippen LogP contribution in [-0.4, -0.2) is 30.6 Å². The Kier molecular flexibility index (Phi) is 6.35. The van der Waals surface area contributed by atoms with E-state index in [0.717, 1.165) is 6.54 Å². The topological polar surface area (TPSA) is 15.3 Å². The summed E-state index contributed by atoms with van der Waals surface area (Å²) in [4.78, 5) is 2.60. The Balaban J connectivity index is 1.94. The van der Waals surface area contributed by atoms with Gasteiger partial charge in [-0.05, 0) is 44.0 Å². The molecule has 1 N–H and O–H groups in total. The van der Waals surface area contributed by atoms with E-state index in [1.165, 1.54) is 55.4 Å². The van der Waals surface area contributed by atoms with Crippen LogP contribution in [0, 0.1) is 0 Å². The molecule has 1 heterocycles. The molecule has 1 aromatic carbocycles. The van der Waals surface area contributed by atoms with Gasteiger partial charge in [-0.2, -0.15) is 0 Å². The van der Waals surface area contributed by atoms with Crippen molar-refractivity contribution in [3.63, 3.8) is 0 Å². The van der Waals surface area contributed by atoms with Crippen LogP contribution in [0.15, 0.2) is 28.7 Å². The van der Waals surface area contributed by atoms with Crippen LogP contribution in [0.4, 0.5) is 0 Å². The highest BCUT2D eigenvalue weighted by Gasteiger charge is 2.18. The molecular formula is C16H25BrN2. The van der Waals surface area contributed by atoms with Crippen molar-refractivity contribution in [1.82, 2.24) is 10.2 Å². The average Bonchev–Trinajstić information content (AvgIpc) is 2.91. The van der Waals surface area contributed by atoms with Gasteiger partial charge in [0.2, 0.25) is 0 Å². The van der Waals surface area contributed by atoms with Gasteiger partial charge < -0.3 is 5.32 Å². The van der Waals surface area contributed by atoms with E-state index in [4.69, 9.17) is 0 Å². The van der Waals surface area contributed by atoms with Crippen LogP contribution in [0.25, 0.3) is 0 Å². The van der Waals surface area contributed by atoms with E-state index in [2.05, 4.69) is 57.3 Å². The summed E-state index contributed by atoms with van der Waals surface area (Å²) in [5.41, 5.74) is 1.40. The summed E-state index contributed by atoms with van der Waals surface area (Å²) in [6.07, 6.45) is 5.22. The second kappa shape index (κ2) is 8.03. The molecule has 0 amide bonds. The van der Waals surface area contributed by atoms with E-state index in [1.807, 2.05) is 0 Å². The number of rotatable bonds is 7. The quantitative estimate of drug-likeness (QED) is 0.820. The van der Waals surface area contributed by atoms with Gasteiger partial charge >= 0.3 is 0 Å². The normalized spacial score (nSPS) is 19.2.